The van der Waals surface area contributed by atoms with Crippen molar-refractivity contribution in [3.05, 3.63) is 64.7 Å². The van der Waals surface area contributed by atoms with Crippen LogP contribution in [0.25, 0.3) is 0 Å². The molecule has 2 aliphatic heterocycles. The lowest BCUT2D eigenvalue weighted by Crippen LogP contribution is -2.58. The van der Waals surface area contributed by atoms with E-state index in [0.717, 1.165) is 35.5 Å². The molecule has 1 atom stereocenters. The minimum Gasteiger partial charge on any atom is -0.442 e. The van der Waals surface area contributed by atoms with Crippen molar-refractivity contribution >= 4 is 17.7 Å². The molecular weight excluding hydrogens is 434 g/mol. The van der Waals surface area contributed by atoms with Gasteiger partial charge in [-0.3, -0.25) is 14.6 Å². The summed E-state index contributed by atoms with van der Waals surface area (Å²) in [5.74, 6) is -0.138. The molecule has 0 aliphatic carbocycles. The van der Waals surface area contributed by atoms with E-state index >= 15 is 0 Å². The van der Waals surface area contributed by atoms with Crippen molar-refractivity contribution in [2.45, 2.75) is 45.8 Å². The molecule has 2 aromatic rings. The number of nitrogens with zero attached hydrogens (tertiary/aromatic N) is 2. The first-order valence-electron chi connectivity index (χ1n) is 11.6. The summed E-state index contributed by atoms with van der Waals surface area (Å²) in [6.45, 7) is 11.2. The van der Waals surface area contributed by atoms with E-state index in [4.69, 9.17) is 14.5 Å². The first kappa shape index (κ1) is 24.2. The van der Waals surface area contributed by atoms with E-state index in [1.54, 1.807) is 4.90 Å². The number of hydrogen-bond donors (Lipinski definition) is 1. The van der Waals surface area contributed by atoms with E-state index in [1.165, 1.54) is 12.5 Å². The largest absolute Gasteiger partial charge is 0.442 e. The molecule has 182 valence electrons. The topological polar surface area (TPSA) is 80.3 Å². The van der Waals surface area contributed by atoms with Crippen LogP contribution >= 0.6 is 0 Å². The van der Waals surface area contributed by atoms with Crippen LogP contribution in [-0.4, -0.2) is 55.9 Å². The fourth-order valence-corrected chi connectivity index (χ4v) is 5.13. The molecule has 8 heteroatoms. The Bertz CT molecular complexity index is 1010. The standard InChI is InChI=1S/C26H33N3O5/c1-18-10-22(29-13-23(34-25(29)31)12-27-20(3)30)11-19(2)24(18)26(4)15-28(16-26)17-33-32-14-21-8-6-5-7-9-21/h5-11,23H,12-17H2,1-4H3,(H,27,30). The van der Waals surface area contributed by atoms with E-state index in [0.29, 0.717) is 26.4 Å². The number of benzene rings is 2. The number of carbonyl (C=O) groups excluding carboxylic acids is 2. The molecule has 2 saturated heterocycles. The van der Waals surface area contributed by atoms with Crippen LogP contribution in [0.1, 0.15) is 36.1 Å². The lowest BCUT2D eigenvalue weighted by atomic mass is 9.72. The number of rotatable bonds is 9. The number of cyclic esters (lactones) is 1. The van der Waals surface area contributed by atoms with Gasteiger partial charge >= 0.3 is 6.09 Å². The van der Waals surface area contributed by atoms with E-state index in [2.05, 4.69) is 43.1 Å². The second-order valence-corrected chi connectivity index (χ2v) is 9.55. The van der Waals surface area contributed by atoms with Gasteiger partial charge in [-0.25, -0.2) is 14.6 Å². The smallest absolute Gasteiger partial charge is 0.414 e. The molecule has 34 heavy (non-hydrogen) atoms. The number of hydrogen-bond acceptors (Lipinski definition) is 6. The van der Waals surface area contributed by atoms with Crippen molar-refractivity contribution in [1.82, 2.24) is 10.2 Å². The predicted octanol–water partition coefficient (Wildman–Crippen LogP) is 3.44. The summed E-state index contributed by atoms with van der Waals surface area (Å²) in [7, 11) is 0. The molecule has 2 aromatic carbocycles. The number of anilines is 1. The van der Waals surface area contributed by atoms with Crippen LogP contribution in [0.15, 0.2) is 42.5 Å². The summed E-state index contributed by atoms with van der Waals surface area (Å²) in [5, 5.41) is 2.71. The first-order chi connectivity index (χ1) is 16.2. The highest BCUT2D eigenvalue weighted by Crippen LogP contribution is 2.39. The third-order valence-electron chi connectivity index (χ3n) is 6.42. The highest BCUT2D eigenvalue weighted by atomic mass is 17.2. The van der Waals surface area contributed by atoms with Crippen LogP contribution in [0.2, 0.25) is 0 Å². The van der Waals surface area contributed by atoms with Crippen LogP contribution < -0.4 is 10.2 Å². The van der Waals surface area contributed by atoms with Crippen molar-refractivity contribution in [3.8, 4) is 0 Å². The normalized spacial score (nSPS) is 19.6. The van der Waals surface area contributed by atoms with Crippen LogP contribution in [0, 0.1) is 13.8 Å². The zero-order valence-corrected chi connectivity index (χ0v) is 20.3. The van der Waals surface area contributed by atoms with E-state index in [1.807, 2.05) is 30.3 Å². The average molecular weight is 468 g/mol. The monoisotopic (exact) mass is 467 g/mol. The molecule has 0 aromatic heterocycles. The van der Waals surface area contributed by atoms with Gasteiger partial charge in [-0.2, -0.15) is 0 Å². The maximum absolute atomic E-state index is 12.4. The Morgan fingerprint density at radius 3 is 2.47 bits per heavy atom. The fraction of sp³-hybridized carbons (Fsp3) is 0.462. The maximum atomic E-state index is 12.4. The Kier molecular flexibility index (Phi) is 7.21. The molecule has 0 bridgehead atoms. The molecule has 0 spiro atoms. The molecular formula is C26H33N3O5. The highest BCUT2D eigenvalue weighted by molar-refractivity contribution is 5.90. The van der Waals surface area contributed by atoms with Gasteiger partial charge in [0.1, 0.15) is 19.4 Å². The summed E-state index contributed by atoms with van der Waals surface area (Å²) >= 11 is 0. The first-order valence-corrected chi connectivity index (χ1v) is 11.6. The Morgan fingerprint density at radius 2 is 1.82 bits per heavy atom. The Balaban J connectivity index is 1.32. The SMILES string of the molecule is CC(=O)NCC1CN(c2cc(C)c(C3(C)CN(COOCc4ccccc4)C3)c(C)c2)C(=O)O1. The van der Waals surface area contributed by atoms with Crippen molar-refractivity contribution < 1.29 is 24.1 Å². The zero-order chi connectivity index (χ0) is 24.3. The van der Waals surface area contributed by atoms with Gasteiger partial charge in [-0.1, -0.05) is 37.3 Å². The molecule has 8 nitrogen and oxygen atoms in total. The van der Waals surface area contributed by atoms with Crippen LogP contribution in [0.4, 0.5) is 10.5 Å². The second kappa shape index (κ2) is 10.1. The number of nitrogens with one attached hydrogen (secondary N) is 1. The van der Waals surface area contributed by atoms with Gasteiger partial charge < -0.3 is 10.1 Å². The van der Waals surface area contributed by atoms with E-state index < -0.39 is 0 Å². The minimum atomic E-state index is -0.379. The molecule has 1 N–H and O–H groups in total. The van der Waals surface area contributed by atoms with Gasteiger partial charge in [0.15, 0.2) is 0 Å². The molecule has 1 unspecified atom stereocenters. The molecule has 2 heterocycles. The maximum Gasteiger partial charge on any atom is 0.414 e. The third kappa shape index (κ3) is 5.41. The lowest BCUT2D eigenvalue weighted by Gasteiger charge is -2.49. The Labute approximate surface area is 200 Å². The summed E-state index contributed by atoms with van der Waals surface area (Å²) in [6.07, 6.45) is -0.728. The summed E-state index contributed by atoms with van der Waals surface area (Å²) in [5.41, 5.74) is 5.51. The summed E-state index contributed by atoms with van der Waals surface area (Å²) in [4.78, 5) is 38.2. The molecule has 2 amide bonds. The molecule has 2 fully saturated rings. The van der Waals surface area contributed by atoms with Crippen molar-refractivity contribution in [3.63, 3.8) is 0 Å². The van der Waals surface area contributed by atoms with Gasteiger partial charge in [0.25, 0.3) is 0 Å². The average Bonchev–Trinajstić information content (AvgIpc) is 3.14. The van der Waals surface area contributed by atoms with Crippen LogP contribution in [0.5, 0.6) is 0 Å². The third-order valence-corrected chi connectivity index (χ3v) is 6.42. The molecule has 0 saturated carbocycles. The van der Waals surface area contributed by atoms with Crippen molar-refractivity contribution in [1.29, 1.82) is 0 Å². The molecule has 4 rings (SSSR count). The number of carbonyl (C=O) groups is 2. The summed E-state index contributed by atoms with van der Waals surface area (Å²) in [6, 6.07) is 14.0. The van der Waals surface area contributed by atoms with E-state index in [-0.39, 0.29) is 23.5 Å². The van der Waals surface area contributed by atoms with Crippen LogP contribution in [0.3, 0.4) is 0 Å². The van der Waals surface area contributed by atoms with Gasteiger partial charge in [0, 0.05) is 31.1 Å². The lowest BCUT2D eigenvalue weighted by molar-refractivity contribution is -0.330. The number of aryl methyl sites for hydroxylation is 2. The minimum absolute atomic E-state index is 0.00888. The Hall–Kier alpha value is -2.94. The fourth-order valence-electron chi connectivity index (χ4n) is 5.13. The number of ether oxygens (including phenoxy) is 1. The van der Waals surface area contributed by atoms with Gasteiger partial charge in [-0.15, -0.1) is 0 Å². The highest BCUT2D eigenvalue weighted by Gasteiger charge is 2.42. The number of likely N-dealkylation sites (tertiary alicyclic amines) is 1. The molecule has 0 radical (unpaired) electrons. The summed E-state index contributed by atoms with van der Waals surface area (Å²) < 4.78 is 5.42. The second-order valence-electron chi connectivity index (χ2n) is 9.55. The quantitative estimate of drug-likeness (QED) is 0.346. The van der Waals surface area contributed by atoms with Gasteiger partial charge in [0.05, 0.1) is 13.1 Å². The molecule has 2 aliphatic rings. The number of amides is 2. The van der Waals surface area contributed by atoms with Crippen molar-refractivity contribution in [2.24, 2.45) is 0 Å². The Morgan fingerprint density at radius 1 is 1.15 bits per heavy atom. The van der Waals surface area contributed by atoms with Crippen LogP contribution in [-0.2, 0) is 31.3 Å². The van der Waals surface area contributed by atoms with Crippen molar-refractivity contribution in [2.75, 3.05) is 37.8 Å². The van der Waals surface area contributed by atoms with Gasteiger partial charge in [-0.05, 0) is 48.2 Å². The van der Waals surface area contributed by atoms with Gasteiger partial charge in [0.2, 0.25) is 5.91 Å². The zero-order valence-electron chi connectivity index (χ0n) is 20.3. The predicted molar refractivity (Wildman–Crippen MR) is 128 cm³/mol. The van der Waals surface area contributed by atoms with E-state index in [9.17, 15) is 9.59 Å².